The van der Waals surface area contributed by atoms with Crippen molar-refractivity contribution in [2.45, 2.75) is 51.5 Å². The highest BCUT2D eigenvalue weighted by Crippen LogP contribution is 2.53. The number of fused-ring (bicyclic) bond motifs is 5. The Balaban J connectivity index is 2.19. The molecule has 0 saturated heterocycles. The fraction of sp³-hybridized carbons (Fsp3) is 0.615. The fourth-order valence-electron chi connectivity index (χ4n) is 3.49. The maximum absolute atomic E-state index is 2.39. The van der Waals surface area contributed by atoms with E-state index in [1.54, 1.807) is 11.1 Å². The molecule has 0 aliphatic heterocycles. The van der Waals surface area contributed by atoms with Crippen molar-refractivity contribution in [2.75, 3.05) is 0 Å². The number of aromatic nitrogens is 1. The second-order valence-corrected chi connectivity index (χ2v) is 4.76. The first-order valence-electron chi connectivity index (χ1n) is 5.84. The summed E-state index contributed by atoms with van der Waals surface area (Å²) in [6.07, 6.45) is 6.58. The minimum absolute atomic E-state index is 0.897. The van der Waals surface area contributed by atoms with Crippen LogP contribution in [0.4, 0.5) is 0 Å². The molecule has 3 rings (SSSR count). The molecule has 1 heterocycles. The van der Waals surface area contributed by atoms with Crippen LogP contribution in [0.3, 0.4) is 0 Å². The Morgan fingerprint density at radius 2 is 2.14 bits per heavy atom. The monoisotopic (exact) mass is 188 g/mol. The third kappa shape index (κ3) is 0.930. The highest BCUT2D eigenvalue weighted by molar-refractivity contribution is 5.41. The molecule has 0 amide bonds. The van der Waals surface area contributed by atoms with Crippen LogP contribution < -0.4 is 4.57 Å². The van der Waals surface area contributed by atoms with Crippen LogP contribution in [0.1, 0.15) is 54.8 Å². The second kappa shape index (κ2) is 2.82. The minimum atomic E-state index is 0.897. The van der Waals surface area contributed by atoms with Crippen molar-refractivity contribution < 1.29 is 4.57 Å². The lowest BCUT2D eigenvalue weighted by Crippen LogP contribution is -2.37. The van der Waals surface area contributed by atoms with Gasteiger partial charge in [0.25, 0.3) is 0 Å². The van der Waals surface area contributed by atoms with E-state index < -0.39 is 0 Å². The van der Waals surface area contributed by atoms with E-state index in [0.29, 0.717) is 0 Å². The summed E-state index contributed by atoms with van der Waals surface area (Å²) in [5.74, 6) is 1.80. The van der Waals surface area contributed by atoms with Crippen LogP contribution in [0.25, 0.3) is 0 Å². The summed E-state index contributed by atoms with van der Waals surface area (Å²) in [5, 5.41) is 0. The van der Waals surface area contributed by atoms with Crippen molar-refractivity contribution >= 4 is 0 Å². The third-order valence-corrected chi connectivity index (χ3v) is 4.19. The summed E-state index contributed by atoms with van der Waals surface area (Å²) in [7, 11) is 0. The number of hydrogen-bond donors (Lipinski definition) is 0. The van der Waals surface area contributed by atoms with Crippen molar-refractivity contribution in [3.63, 3.8) is 0 Å². The summed E-state index contributed by atoms with van der Waals surface area (Å²) in [6, 6.07) is 2.37. The summed E-state index contributed by atoms with van der Waals surface area (Å²) in [4.78, 5) is 0. The first-order chi connectivity index (χ1) is 6.81. The molecule has 1 nitrogen and oxygen atoms in total. The van der Waals surface area contributed by atoms with Gasteiger partial charge in [-0.15, -0.1) is 0 Å². The largest absolute Gasteiger partial charge is 0.203 e. The normalized spacial score (nSPS) is 28.1. The molecule has 74 valence electrons. The Hall–Kier alpha value is -0.850. The Bertz CT molecular complexity index is 381. The Kier molecular flexibility index (Phi) is 1.70. The van der Waals surface area contributed by atoms with E-state index in [9.17, 15) is 0 Å². The molecule has 1 aromatic heterocycles. The van der Waals surface area contributed by atoms with Crippen molar-refractivity contribution in [3.05, 3.63) is 29.1 Å². The van der Waals surface area contributed by atoms with Gasteiger partial charge in [0.05, 0.1) is 0 Å². The summed E-state index contributed by atoms with van der Waals surface area (Å²) >= 11 is 0. The topological polar surface area (TPSA) is 3.88 Å². The van der Waals surface area contributed by atoms with Crippen LogP contribution in [0.5, 0.6) is 0 Å². The van der Waals surface area contributed by atoms with Crippen LogP contribution in [0.2, 0.25) is 0 Å². The van der Waals surface area contributed by atoms with Gasteiger partial charge in [-0.05, 0) is 43.6 Å². The second-order valence-electron chi connectivity index (χ2n) is 4.76. The molecule has 2 aliphatic rings. The molecule has 1 saturated carbocycles. The molecule has 2 bridgehead atoms. The lowest BCUT2D eigenvalue weighted by Gasteiger charge is -2.15. The van der Waals surface area contributed by atoms with Crippen molar-refractivity contribution in [1.82, 2.24) is 0 Å². The van der Waals surface area contributed by atoms with E-state index in [2.05, 4.69) is 30.7 Å². The molecule has 2 atom stereocenters. The fourth-order valence-corrected chi connectivity index (χ4v) is 3.49. The first-order valence-corrected chi connectivity index (χ1v) is 5.84. The number of hydrogen-bond acceptors (Lipinski definition) is 0. The van der Waals surface area contributed by atoms with Crippen molar-refractivity contribution in [2.24, 2.45) is 0 Å². The Morgan fingerprint density at radius 1 is 1.36 bits per heavy atom. The number of aryl methyl sites for hydroxylation is 1. The molecular weight excluding hydrogens is 170 g/mol. The smallest absolute Gasteiger partial charge is 0.181 e. The van der Waals surface area contributed by atoms with Gasteiger partial charge in [0.2, 0.25) is 0 Å². The number of rotatable bonds is 1. The molecule has 0 N–H and O–H groups in total. The molecule has 0 radical (unpaired) electrons. The van der Waals surface area contributed by atoms with Gasteiger partial charge in [0, 0.05) is 18.6 Å². The van der Waals surface area contributed by atoms with E-state index >= 15 is 0 Å². The van der Waals surface area contributed by atoms with E-state index in [1.807, 2.05) is 0 Å². The van der Waals surface area contributed by atoms with Gasteiger partial charge >= 0.3 is 0 Å². The van der Waals surface area contributed by atoms with Gasteiger partial charge in [-0.25, -0.2) is 4.57 Å². The molecule has 1 fully saturated rings. The van der Waals surface area contributed by atoms with Gasteiger partial charge in [0.1, 0.15) is 6.54 Å². The SMILES string of the molecule is CC[n+]1ccc2c(c1C)C1CCC2C1. The average molecular weight is 188 g/mol. The zero-order chi connectivity index (χ0) is 9.71. The summed E-state index contributed by atoms with van der Waals surface area (Å²) < 4.78 is 2.39. The van der Waals surface area contributed by atoms with E-state index in [1.165, 1.54) is 25.0 Å². The Labute approximate surface area is 85.8 Å². The maximum atomic E-state index is 2.39. The van der Waals surface area contributed by atoms with Gasteiger partial charge in [0.15, 0.2) is 11.9 Å². The molecule has 2 aliphatic carbocycles. The third-order valence-electron chi connectivity index (χ3n) is 4.19. The predicted molar refractivity (Wildman–Crippen MR) is 56.4 cm³/mol. The maximum Gasteiger partial charge on any atom is 0.181 e. The van der Waals surface area contributed by atoms with Gasteiger partial charge in [-0.1, -0.05) is 0 Å². The Morgan fingerprint density at radius 3 is 2.93 bits per heavy atom. The van der Waals surface area contributed by atoms with E-state index in [-0.39, 0.29) is 0 Å². The zero-order valence-corrected chi connectivity index (χ0v) is 9.09. The predicted octanol–water partition coefficient (Wildman–Crippen LogP) is 2.67. The lowest BCUT2D eigenvalue weighted by atomic mass is 9.91. The van der Waals surface area contributed by atoms with Crippen LogP contribution in [0.15, 0.2) is 12.3 Å². The van der Waals surface area contributed by atoms with E-state index in [4.69, 9.17) is 0 Å². The first kappa shape index (κ1) is 8.46. The highest BCUT2D eigenvalue weighted by Gasteiger charge is 2.40. The standard InChI is InChI=1S/C13H18N/c1-3-14-7-6-12-10-4-5-11(8-10)13(12)9(14)2/h6-7,10-11H,3-5,8H2,1-2H3/q+1. The zero-order valence-electron chi connectivity index (χ0n) is 9.09. The van der Waals surface area contributed by atoms with Crippen LogP contribution >= 0.6 is 0 Å². The van der Waals surface area contributed by atoms with Crippen LogP contribution in [-0.4, -0.2) is 0 Å². The summed E-state index contributed by atoms with van der Waals surface area (Å²) in [6.45, 7) is 5.63. The summed E-state index contributed by atoms with van der Waals surface area (Å²) in [5.41, 5.74) is 4.89. The number of nitrogens with zero attached hydrogens (tertiary/aromatic N) is 1. The van der Waals surface area contributed by atoms with Gasteiger partial charge in [-0.2, -0.15) is 0 Å². The van der Waals surface area contributed by atoms with Crippen LogP contribution in [-0.2, 0) is 6.54 Å². The quantitative estimate of drug-likeness (QED) is 0.597. The van der Waals surface area contributed by atoms with E-state index in [0.717, 1.165) is 18.4 Å². The number of pyridine rings is 1. The molecular formula is C13H18N+. The lowest BCUT2D eigenvalue weighted by molar-refractivity contribution is -0.699. The van der Waals surface area contributed by atoms with Gasteiger partial charge in [-0.3, -0.25) is 0 Å². The molecule has 0 spiro atoms. The average Bonchev–Trinajstić information content (AvgIpc) is 2.78. The van der Waals surface area contributed by atoms with Gasteiger partial charge < -0.3 is 0 Å². The highest BCUT2D eigenvalue weighted by atomic mass is 14.9. The molecule has 1 aromatic rings. The molecule has 1 heteroatoms. The van der Waals surface area contributed by atoms with Crippen molar-refractivity contribution in [1.29, 1.82) is 0 Å². The molecule has 14 heavy (non-hydrogen) atoms. The molecule has 0 aromatic carbocycles. The minimum Gasteiger partial charge on any atom is -0.203 e. The van der Waals surface area contributed by atoms with Crippen molar-refractivity contribution in [3.8, 4) is 0 Å². The van der Waals surface area contributed by atoms with Crippen LogP contribution in [0, 0.1) is 6.92 Å². The molecule has 2 unspecified atom stereocenters.